The minimum absolute atomic E-state index is 0.324. The molecule has 0 atom stereocenters. The smallest absolute Gasteiger partial charge is 0.223 e. The second kappa shape index (κ2) is 8.94. The molecule has 0 aliphatic carbocycles. The second-order valence-corrected chi connectivity index (χ2v) is 7.97. The summed E-state index contributed by atoms with van der Waals surface area (Å²) in [5.41, 5.74) is 0. The molecular formula is C18H30N4OS. The number of carbonyl (C=O) groups excluding carboxylic acids is 1. The third-order valence-electron chi connectivity index (χ3n) is 5.02. The van der Waals surface area contributed by atoms with Crippen LogP contribution in [0.2, 0.25) is 0 Å². The molecule has 2 fully saturated rings. The highest BCUT2D eigenvalue weighted by atomic mass is 32.1. The van der Waals surface area contributed by atoms with Crippen molar-refractivity contribution in [1.29, 1.82) is 0 Å². The summed E-state index contributed by atoms with van der Waals surface area (Å²) in [5.74, 6) is 0.324. The Morgan fingerprint density at radius 2 is 1.71 bits per heavy atom. The fourth-order valence-corrected chi connectivity index (χ4v) is 4.42. The Bertz CT molecular complexity index is 519. The zero-order chi connectivity index (χ0) is 16.8. The molecule has 5 nitrogen and oxygen atoms in total. The summed E-state index contributed by atoms with van der Waals surface area (Å²) < 4.78 is 0. The van der Waals surface area contributed by atoms with Crippen LogP contribution in [0.4, 0.5) is 0 Å². The van der Waals surface area contributed by atoms with Gasteiger partial charge in [0.2, 0.25) is 5.91 Å². The van der Waals surface area contributed by atoms with E-state index in [4.69, 9.17) is 0 Å². The average Bonchev–Trinajstić information content (AvgIpc) is 3.09. The molecular weight excluding hydrogens is 320 g/mol. The SMILES string of the molecule is CCc1ccc(CN2CCN(CCC(=O)N3CCNCC3)CC2)s1. The molecule has 0 radical (unpaired) electrons. The fraction of sp³-hybridized carbons (Fsp3) is 0.722. The number of nitrogens with zero attached hydrogens (tertiary/aromatic N) is 3. The van der Waals surface area contributed by atoms with Crippen molar-refractivity contribution in [3.05, 3.63) is 21.9 Å². The van der Waals surface area contributed by atoms with E-state index in [1.807, 2.05) is 16.2 Å². The lowest BCUT2D eigenvalue weighted by molar-refractivity contribution is -0.132. The summed E-state index contributed by atoms with van der Waals surface area (Å²) in [5, 5.41) is 3.30. The molecule has 0 saturated carbocycles. The van der Waals surface area contributed by atoms with Crippen LogP contribution in [0.15, 0.2) is 12.1 Å². The van der Waals surface area contributed by atoms with E-state index in [0.717, 1.165) is 71.9 Å². The van der Waals surface area contributed by atoms with Crippen LogP contribution in [0.5, 0.6) is 0 Å². The zero-order valence-corrected chi connectivity index (χ0v) is 15.6. The Morgan fingerprint density at radius 1 is 1.04 bits per heavy atom. The minimum Gasteiger partial charge on any atom is -0.340 e. The number of nitrogens with one attached hydrogen (secondary N) is 1. The van der Waals surface area contributed by atoms with Crippen molar-refractivity contribution in [2.75, 3.05) is 58.9 Å². The second-order valence-electron chi connectivity index (χ2n) is 6.72. The first kappa shape index (κ1) is 17.9. The first-order valence-corrected chi connectivity index (χ1v) is 10.1. The molecule has 6 heteroatoms. The Balaban J connectivity index is 1.35. The first-order valence-electron chi connectivity index (χ1n) is 9.25. The van der Waals surface area contributed by atoms with E-state index in [9.17, 15) is 4.79 Å². The summed E-state index contributed by atoms with van der Waals surface area (Å²) in [7, 11) is 0. The van der Waals surface area contributed by atoms with Gasteiger partial charge in [0.05, 0.1) is 0 Å². The first-order chi connectivity index (χ1) is 11.7. The van der Waals surface area contributed by atoms with Crippen LogP contribution in [-0.4, -0.2) is 79.5 Å². The average molecular weight is 351 g/mol. The lowest BCUT2D eigenvalue weighted by Crippen LogP contribution is -2.49. The molecule has 2 aliphatic rings. The van der Waals surface area contributed by atoms with Gasteiger partial charge in [0.15, 0.2) is 0 Å². The van der Waals surface area contributed by atoms with E-state index in [2.05, 4.69) is 34.2 Å². The lowest BCUT2D eigenvalue weighted by atomic mass is 10.2. The third-order valence-corrected chi connectivity index (χ3v) is 6.24. The molecule has 0 spiro atoms. The maximum absolute atomic E-state index is 12.2. The van der Waals surface area contributed by atoms with Gasteiger partial charge in [-0.05, 0) is 18.6 Å². The zero-order valence-electron chi connectivity index (χ0n) is 14.8. The van der Waals surface area contributed by atoms with E-state index in [1.54, 1.807) is 0 Å². The topological polar surface area (TPSA) is 38.8 Å². The summed E-state index contributed by atoms with van der Waals surface area (Å²) in [6.45, 7) is 12.2. The van der Waals surface area contributed by atoms with Gasteiger partial charge in [0.25, 0.3) is 0 Å². The quantitative estimate of drug-likeness (QED) is 0.838. The summed E-state index contributed by atoms with van der Waals surface area (Å²) in [4.78, 5) is 22.2. The molecule has 0 bridgehead atoms. The van der Waals surface area contributed by atoms with E-state index in [-0.39, 0.29) is 0 Å². The predicted molar refractivity (Wildman–Crippen MR) is 99.5 cm³/mol. The van der Waals surface area contributed by atoms with Crippen LogP contribution >= 0.6 is 11.3 Å². The van der Waals surface area contributed by atoms with E-state index >= 15 is 0 Å². The van der Waals surface area contributed by atoms with Gasteiger partial charge < -0.3 is 15.1 Å². The Hall–Kier alpha value is -0.950. The summed E-state index contributed by atoms with van der Waals surface area (Å²) in [6.07, 6.45) is 1.81. The van der Waals surface area contributed by atoms with Crippen molar-refractivity contribution in [3.63, 3.8) is 0 Å². The van der Waals surface area contributed by atoms with Gasteiger partial charge >= 0.3 is 0 Å². The maximum Gasteiger partial charge on any atom is 0.223 e. The van der Waals surface area contributed by atoms with E-state index in [1.165, 1.54) is 9.75 Å². The van der Waals surface area contributed by atoms with E-state index < -0.39 is 0 Å². The number of thiophene rings is 1. The van der Waals surface area contributed by atoms with Crippen molar-refractivity contribution in [2.45, 2.75) is 26.3 Å². The van der Waals surface area contributed by atoms with Crippen LogP contribution in [-0.2, 0) is 17.8 Å². The monoisotopic (exact) mass is 350 g/mol. The lowest BCUT2D eigenvalue weighted by Gasteiger charge is -2.35. The van der Waals surface area contributed by atoms with Gasteiger partial charge in [-0.3, -0.25) is 9.69 Å². The van der Waals surface area contributed by atoms with Crippen LogP contribution in [0.3, 0.4) is 0 Å². The molecule has 0 unspecified atom stereocenters. The molecule has 24 heavy (non-hydrogen) atoms. The standard InChI is InChI=1S/C18H30N4OS/c1-2-16-3-4-17(24-16)15-21-13-11-20(12-14-21)8-5-18(23)22-9-6-19-7-10-22/h3-4,19H,2,5-15H2,1H3. The molecule has 134 valence electrons. The normalized spacial score (nSPS) is 20.5. The molecule has 2 saturated heterocycles. The number of carbonyl (C=O) groups is 1. The number of hydrogen-bond acceptors (Lipinski definition) is 5. The van der Waals surface area contributed by atoms with Gasteiger partial charge in [-0.2, -0.15) is 0 Å². The Labute approximate surface area is 149 Å². The molecule has 2 aliphatic heterocycles. The van der Waals surface area contributed by atoms with Crippen molar-refractivity contribution in [1.82, 2.24) is 20.0 Å². The van der Waals surface area contributed by atoms with Crippen LogP contribution in [0.1, 0.15) is 23.1 Å². The fourth-order valence-electron chi connectivity index (χ4n) is 3.41. The highest BCUT2D eigenvalue weighted by molar-refractivity contribution is 7.11. The number of aryl methyl sites for hydroxylation is 1. The van der Waals surface area contributed by atoms with Crippen LogP contribution in [0.25, 0.3) is 0 Å². The summed E-state index contributed by atoms with van der Waals surface area (Å²) in [6, 6.07) is 4.54. The maximum atomic E-state index is 12.2. The van der Waals surface area contributed by atoms with Gasteiger partial charge in [0.1, 0.15) is 0 Å². The van der Waals surface area contributed by atoms with Crippen molar-refractivity contribution < 1.29 is 4.79 Å². The number of amides is 1. The number of hydrogen-bond donors (Lipinski definition) is 1. The molecule has 1 amide bonds. The largest absolute Gasteiger partial charge is 0.340 e. The minimum atomic E-state index is 0.324. The Morgan fingerprint density at radius 3 is 2.38 bits per heavy atom. The number of piperazine rings is 2. The number of rotatable bonds is 6. The van der Waals surface area contributed by atoms with Gasteiger partial charge in [-0.1, -0.05) is 6.92 Å². The Kier molecular flexibility index (Phi) is 6.66. The van der Waals surface area contributed by atoms with Gasteiger partial charge in [0, 0.05) is 81.6 Å². The predicted octanol–water partition coefficient (Wildman–Crippen LogP) is 1.25. The highest BCUT2D eigenvalue weighted by Gasteiger charge is 2.20. The molecule has 1 aromatic heterocycles. The third kappa shape index (κ3) is 5.02. The van der Waals surface area contributed by atoms with Crippen molar-refractivity contribution in [2.24, 2.45) is 0 Å². The molecule has 3 rings (SSSR count). The molecule has 3 heterocycles. The molecule has 1 aromatic rings. The van der Waals surface area contributed by atoms with Gasteiger partial charge in [-0.25, -0.2) is 0 Å². The summed E-state index contributed by atoms with van der Waals surface area (Å²) >= 11 is 1.95. The molecule has 0 aromatic carbocycles. The van der Waals surface area contributed by atoms with Crippen LogP contribution < -0.4 is 5.32 Å². The van der Waals surface area contributed by atoms with Crippen LogP contribution in [0, 0.1) is 0 Å². The highest BCUT2D eigenvalue weighted by Crippen LogP contribution is 2.19. The van der Waals surface area contributed by atoms with Gasteiger partial charge in [-0.15, -0.1) is 11.3 Å². The van der Waals surface area contributed by atoms with E-state index in [0.29, 0.717) is 12.3 Å². The molecule has 1 N–H and O–H groups in total. The van der Waals surface area contributed by atoms with Crippen molar-refractivity contribution >= 4 is 17.2 Å². The van der Waals surface area contributed by atoms with Crippen molar-refractivity contribution in [3.8, 4) is 0 Å².